The number of hydrogen-bond donors (Lipinski definition) is 0. The van der Waals surface area contributed by atoms with Crippen molar-refractivity contribution in [2.75, 3.05) is 52.4 Å². The Labute approximate surface area is 833 Å². The lowest BCUT2D eigenvalue weighted by atomic mass is 9.93. The molecule has 0 amide bonds. The molecule has 4 heterocycles. The zero-order valence-corrected chi connectivity index (χ0v) is 88.4. The Bertz CT molecular complexity index is 8040. The van der Waals surface area contributed by atoms with Gasteiger partial charge in [0.25, 0.3) is 0 Å². The van der Waals surface area contributed by atoms with E-state index in [0.29, 0.717) is 0 Å². The van der Waals surface area contributed by atoms with E-state index in [-0.39, 0.29) is 0 Å². The van der Waals surface area contributed by atoms with Gasteiger partial charge in [0, 0.05) is 64.6 Å². The van der Waals surface area contributed by atoms with Crippen LogP contribution in [0.25, 0.3) is 216 Å². The quantitative estimate of drug-likeness (QED) is 0.0903. The highest BCUT2D eigenvalue weighted by Crippen LogP contribution is 2.50. The van der Waals surface area contributed by atoms with Crippen LogP contribution >= 0.6 is 0 Å². The normalized spacial score (nSPS) is 11.2. The molecule has 0 atom stereocenters. The van der Waals surface area contributed by atoms with Crippen LogP contribution in [0.1, 0.15) is 166 Å². The molecule has 0 aliphatic carbocycles. The molecule has 24 rings (SSSR count). The van der Waals surface area contributed by atoms with Crippen LogP contribution in [-0.4, -0.2) is 90.2 Å². The topological polar surface area (TPSA) is 32.7 Å². The molecule has 0 unspecified atom stereocenters. The van der Waals surface area contributed by atoms with E-state index in [4.69, 9.17) is 0 Å². The Morgan fingerprint density at radius 3 is 0.621 bits per heavy atom. The van der Waals surface area contributed by atoms with Gasteiger partial charge in [-0.1, -0.05) is 476 Å². The van der Waals surface area contributed by atoms with Crippen molar-refractivity contribution < 1.29 is 0 Å². The standard InChI is InChI=1S/C33H28N2.2C29H26N2.C25H24N2.8C2H6/c1-3-34(4-2)21-35-32-28-19-11-7-15-24(28)22-13-5-9-17-26(22)30(32)31-27-18-10-6-14-23(27)25-16-8-12-20-29(25)33(31)35;1-3-30(4-2)19-31-27-18-21-12-6-5-11-20(21)17-26(27)28-24-15-9-7-13-22(24)23-14-8-10-16-25(23)29(28)31;1-3-30(4-2)19-31-26-18-17-20-11-5-6-12-21(20)27(26)28-24-15-9-7-13-22(24)23-14-8-10-16-25(23)29(28)31;1-3-26(4-2)17-27-22-15-13-18-9-5-7-11-20(18)24(22)25-21-12-8-6-10-19(21)14-16-23(25)27;8*1-2/h5-20H,3-4,21H2,1-2H3;2*5-18H,3-4,19H2,1-2H3;5-16H,3-4,17H2,1-2H3;8*1-2H3. The van der Waals surface area contributed by atoms with Gasteiger partial charge in [0.2, 0.25) is 0 Å². The van der Waals surface area contributed by atoms with Crippen molar-refractivity contribution >= 4 is 216 Å². The van der Waals surface area contributed by atoms with Crippen molar-refractivity contribution in [1.29, 1.82) is 0 Å². The van der Waals surface area contributed by atoms with Crippen LogP contribution in [0.2, 0.25) is 0 Å². The summed E-state index contributed by atoms with van der Waals surface area (Å²) in [5, 5.41) is 42.9. The van der Waals surface area contributed by atoms with Crippen molar-refractivity contribution in [1.82, 2.24) is 37.9 Å². The highest BCUT2D eigenvalue weighted by atomic mass is 15.3. The van der Waals surface area contributed by atoms with Crippen molar-refractivity contribution in [3.8, 4) is 0 Å². The largest absolute Gasteiger partial charge is 0.327 e. The molecule has 24 aromatic rings. The minimum absolute atomic E-state index is 0.873. The van der Waals surface area contributed by atoms with Crippen molar-refractivity contribution in [3.05, 3.63) is 340 Å². The molecule has 0 N–H and O–H groups in total. The fraction of sp³-hybridized carbons (Fsp3) is 0.273. The molecule has 8 heteroatoms. The minimum atomic E-state index is 0.873. The second-order valence-electron chi connectivity index (χ2n) is 33.5. The second kappa shape index (κ2) is 49.4. The first-order chi connectivity index (χ1) is 69.2. The number of fused-ring (bicyclic) bond motifs is 39. The van der Waals surface area contributed by atoms with Gasteiger partial charge in [0.05, 0.1) is 70.8 Å². The Morgan fingerprint density at radius 2 is 0.329 bits per heavy atom. The lowest BCUT2D eigenvalue weighted by Gasteiger charge is -2.22. The van der Waals surface area contributed by atoms with Crippen LogP contribution in [0.15, 0.2) is 340 Å². The van der Waals surface area contributed by atoms with E-state index < -0.39 is 0 Å². The fourth-order valence-corrected chi connectivity index (χ4v) is 21.1. The Balaban J connectivity index is 0.000000150. The van der Waals surface area contributed by atoms with Gasteiger partial charge in [0.1, 0.15) is 0 Å². The van der Waals surface area contributed by atoms with Crippen LogP contribution in [0.3, 0.4) is 0 Å². The maximum atomic E-state index is 2.61. The zero-order chi connectivity index (χ0) is 99.8. The predicted octanol–water partition coefficient (Wildman–Crippen LogP) is 38.4. The van der Waals surface area contributed by atoms with Gasteiger partial charge in [-0.05, 0) is 190 Å². The highest BCUT2D eigenvalue weighted by molar-refractivity contribution is 6.41. The monoisotopic (exact) mass is 1850 g/mol. The van der Waals surface area contributed by atoms with Crippen LogP contribution in [0.5, 0.6) is 0 Å². The maximum Gasteiger partial charge on any atom is 0.0757 e. The average Bonchev–Trinajstić information content (AvgIpc) is 1.53. The molecule has 720 valence electrons. The first kappa shape index (κ1) is 104. The number of aromatic nitrogens is 4. The smallest absolute Gasteiger partial charge is 0.0757 e. The molecule has 0 spiro atoms. The zero-order valence-electron chi connectivity index (χ0n) is 88.4. The minimum Gasteiger partial charge on any atom is -0.327 e. The molecule has 0 aliphatic heterocycles. The molecule has 140 heavy (non-hydrogen) atoms. The summed E-state index contributed by atoms with van der Waals surface area (Å²) in [5.74, 6) is 0. The molecule has 0 saturated carbocycles. The van der Waals surface area contributed by atoms with E-state index in [2.05, 4.69) is 433 Å². The molecule has 0 fully saturated rings. The molecule has 4 aromatic heterocycles. The van der Waals surface area contributed by atoms with Crippen molar-refractivity contribution in [2.24, 2.45) is 0 Å². The lowest BCUT2D eigenvalue weighted by molar-refractivity contribution is 0.250. The summed E-state index contributed by atoms with van der Waals surface area (Å²) in [6.07, 6.45) is 0. The van der Waals surface area contributed by atoms with Gasteiger partial charge < -0.3 is 18.3 Å². The Kier molecular flexibility index (Phi) is 36.7. The summed E-state index contributed by atoms with van der Waals surface area (Å²) in [6, 6.07) is 125. The van der Waals surface area contributed by atoms with Gasteiger partial charge in [-0.25, -0.2) is 0 Å². The summed E-state index contributed by atoms with van der Waals surface area (Å²) in [7, 11) is 0. The van der Waals surface area contributed by atoms with E-state index in [9.17, 15) is 0 Å². The van der Waals surface area contributed by atoms with Crippen LogP contribution in [-0.2, 0) is 26.7 Å². The number of rotatable bonds is 16. The Hall–Kier alpha value is -13.4. The van der Waals surface area contributed by atoms with Crippen LogP contribution in [0, 0.1) is 0 Å². The molecule has 20 aromatic carbocycles. The van der Waals surface area contributed by atoms with Crippen molar-refractivity contribution in [2.45, 2.75) is 193 Å². The van der Waals surface area contributed by atoms with E-state index >= 15 is 0 Å². The molecular weight excluding hydrogens is 1700 g/mol. The third-order valence-corrected chi connectivity index (χ3v) is 27.4. The molecule has 8 nitrogen and oxygen atoms in total. The maximum absolute atomic E-state index is 2.61. The van der Waals surface area contributed by atoms with Gasteiger partial charge in [-0.3, -0.25) is 19.6 Å². The number of nitrogens with zero attached hydrogens (tertiary/aromatic N) is 8. The van der Waals surface area contributed by atoms with E-state index in [1.54, 1.807) is 0 Å². The third-order valence-electron chi connectivity index (χ3n) is 27.4. The van der Waals surface area contributed by atoms with Gasteiger partial charge in [-0.2, -0.15) is 0 Å². The van der Waals surface area contributed by atoms with Crippen LogP contribution < -0.4 is 0 Å². The number of hydrogen-bond acceptors (Lipinski definition) is 4. The first-order valence-corrected chi connectivity index (χ1v) is 53.1. The van der Waals surface area contributed by atoms with E-state index in [1.165, 1.54) is 216 Å². The lowest BCUT2D eigenvalue weighted by Crippen LogP contribution is -2.25. The summed E-state index contributed by atoms with van der Waals surface area (Å²) >= 11 is 0. The van der Waals surface area contributed by atoms with Gasteiger partial charge in [-0.15, -0.1) is 0 Å². The average molecular weight is 1850 g/mol. The van der Waals surface area contributed by atoms with E-state index in [1.807, 2.05) is 111 Å². The van der Waals surface area contributed by atoms with Crippen molar-refractivity contribution in [3.63, 3.8) is 0 Å². The van der Waals surface area contributed by atoms with Gasteiger partial charge >= 0.3 is 0 Å². The summed E-state index contributed by atoms with van der Waals surface area (Å²) < 4.78 is 10.2. The highest BCUT2D eigenvalue weighted by Gasteiger charge is 2.27. The summed E-state index contributed by atoms with van der Waals surface area (Å²) in [4.78, 5) is 9.99. The second-order valence-corrected chi connectivity index (χ2v) is 33.5. The molecule has 0 radical (unpaired) electrons. The SMILES string of the molecule is CC.CC.CC.CC.CC.CC.CC.CC.CCN(CC)Cn1c2c3ccccc3c3ccccc3c2c2c3ccccc3c3ccccc3c21.CCN(CC)Cn1c2cc3ccccc3cc2c2c3ccccc3c3ccccc3c21.CCN(CC)Cn1c2ccc3ccccc3c2c2c3ccccc3c3ccccc3c21.CCN(CC)Cn1c2ccc3ccccc3c2c2c3ccccc3ccc21. The van der Waals surface area contributed by atoms with Crippen LogP contribution in [0.4, 0.5) is 0 Å². The third kappa shape index (κ3) is 19.3. The van der Waals surface area contributed by atoms with Gasteiger partial charge in [0.15, 0.2) is 0 Å². The number of benzene rings is 20. The molecular formula is C132H152N8. The molecule has 0 bridgehead atoms. The predicted molar refractivity (Wildman–Crippen MR) is 630 cm³/mol. The molecule has 0 aliphatic rings. The summed E-state index contributed by atoms with van der Waals surface area (Å²) in [6.45, 7) is 61.9. The van der Waals surface area contributed by atoms with E-state index in [0.717, 1.165) is 79.0 Å². The fourth-order valence-electron chi connectivity index (χ4n) is 21.1. The first-order valence-electron chi connectivity index (χ1n) is 53.1. The molecule has 0 saturated heterocycles. The summed E-state index contributed by atoms with van der Waals surface area (Å²) in [5.41, 5.74) is 10.7. The Morgan fingerprint density at radius 1 is 0.143 bits per heavy atom.